The number of unbranched alkanes of at least 4 members (excludes halogenated alkanes) is 27. The first-order valence-electron chi connectivity index (χ1n) is 31.4. The highest BCUT2D eigenvalue weighted by atomic mass is 16.6. The van der Waals surface area contributed by atoms with Crippen LogP contribution in [0.15, 0.2) is 109 Å². The molecule has 1 unspecified atom stereocenters. The van der Waals surface area contributed by atoms with Gasteiger partial charge >= 0.3 is 17.9 Å². The lowest BCUT2D eigenvalue weighted by Gasteiger charge is -2.18. The molecular weight excluding hydrogens is 925 g/mol. The molecule has 0 saturated heterocycles. The van der Waals surface area contributed by atoms with Crippen molar-refractivity contribution >= 4 is 17.9 Å². The maximum atomic E-state index is 12.9. The van der Waals surface area contributed by atoms with E-state index >= 15 is 0 Å². The minimum Gasteiger partial charge on any atom is -0.462 e. The number of allylic oxidation sites excluding steroid dienone is 18. The molecule has 428 valence electrons. The normalized spacial score (nSPS) is 12.8. The van der Waals surface area contributed by atoms with E-state index in [4.69, 9.17) is 14.2 Å². The Morgan fingerprint density at radius 3 is 0.867 bits per heavy atom. The maximum absolute atomic E-state index is 12.9. The summed E-state index contributed by atoms with van der Waals surface area (Å²) in [5.74, 6) is -0.917. The minimum atomic E-state index is -0.792. The van der Waals surface area contributed by atoms with Gasteiger partial charge in [0.2, 0.25) is 0 Å². The second-order valence-electron chi connectivity index (χ2n) is 20.6. The third-order valence-corrected chi connectivity index (χ3v) is 13.3. The summed E-state index contributed by atoms with van der Waals surface area (Å²) < 4.78 is 16.9. The van der Waals surface area contributed by atoms with Crippen LogP contribution in [0, 0.1) is 0 Å². The van der Waals surface area contributed by atoms with Crippen molar-refractivity contribution in [1.82, 2.24) is 0 Å². The first-order valence-corrected chi connectivity index (χ1v) is 31.4. The van der Waals surface area contributed by atoms with Crippen LogP contribution < -0.4 is 0 Å². The van der Waals surface area contributed by atoms with Gasteiger partial charge in [0, 0.05) is 19.3 Å². The van der Waals surface area contributed by atoms with Crippen molar-refractivity contribution in [2.75, 3.05) is 13.2 Å². The van der Waals surface area contributed by atoms with Crippen LogP contribution in [-0.2, 0) is 28.6 Å². The topological polar surface area (TPSA) is 78.9 Å². The van der Waals surface area contributed by atoms with E-state index in [9.17, 15) is 14.4 Å². The van der Waals surface area contributed by atoms with Crippen molar-refractivity contribution in [3.05, 3.63) is 109 Å². The van der Waals surface area contributed by atoms with Crippen LogP contribution in [0.2, 0.25) is 0 Å². The molecule has 0 aromatic heterocycles. The van der Waals surface area contributed by atoms with Crippen molar-refractivity contribution in [2.24, 2.45) is 0 Å². The first kappa shape index (κ1) is 71.1. The highest BCUT2D eigenvalue weighted by Gasteiger charge is 2.19. The predicted molar refractivity (Wildman–Crippen MR) is 325 cm³/mol. The Bertz CT molecular complexity index is 1520. The molecule has 0 aliphatic heterocycles. The molecule has 0 N–H and O–H groups in total. The van der Waals surface area contributed by atoms with Gasteiger partial charge in [0.25, 0.3) is 0 Å². The molecule has 0 heterocycles. The molecular formula is C69H116O6. The smallest absolute Gasteiger partial charge is 0.306 e. The Labute approximate surface area is 463 Å². The van der Waals surface area contributed by atoms with Crippen LogP contribution in [0.1, 0.15) is 290 Å². The van der Waals surface area contributed by atoms with Gasteiger partial charge in [-0.1, -0.05) is 278 Å². The molecule has 0 spiro atoms. The highest BCUT2D eigenvalue weighted by Crippen LogP contribution is 2.16. The average molecular weight is 1040 g/mol. The van der Waals surface area contributed by atoms with Crippen molar-refractivity contribution in [2.45, 2.75) is 297 Å². The van der Waals surface area contributed by atoms with Gasteiger partial charge in [0.05, 0.1) is 0 Å². The molecule has 0 rings (SSSR count). The van der Waals surface area contributed by atoms with Crippen LogP contribution in [0.25, 0.3) is 0 Å². The van der Waals surface area contributed by atoms with Gasteiger partial charge in [-0.25, -0.2) is 0 Å². The van der Waals surface area contributed by atoms with Crippen molar-refractivity contribution < 1.29 is 28.6 Å². The van der Waals surface area contributed by atoms with E-state index in [0.717, 1.165) is 128 Å². The maximum Gasteiger partial charge on any atom is 0.306 e. The molecule has 0 aliphatic rings. The van der Waals surface area contributed by atoms with Crippen molar-refractivity contribution in [3.63, 3.8) is 0 Å². The number of hydrogen-bond acceptors (Lipinski definition) is 6. The molecule has 6 heteroatoms. The third-order valence-electron chi connectivity index (χ3n) is 13.3. The van der Waals surface area contributed by atoms with E-state index in [1.54, 1.807) is 0 Å². The number of esters is 3. The Kier molecular flexibility index (Phi) is 59.3. The second kappa shape index (κ2) is 62.6. The number of hydrogen-bond donors (Lipinski definition) is 0. The molecule has 0 aromatic rings. The predicted octanol–water partition coefficient (Wildman–Crippen LogP) is 21.4. The monoisotopic (exact) mass is 1040 g/mol. The fraction of sp³-hybridized carbons (Fsp3) is 0.696. The summed E-state index contributed by atoms with van der Waals surface area (Å²) >= 11 is 0. The van der Waals surface area contributed by atoms with Gasteiger partial charge < -0.3 is 14.2 Å². The summed E-state index contributed by atoms with van der Waals surface area (Å²) in [4.78, 5) is 38.2. The lowest BCUT2D eigenvalue weighted by atomic mass is 10.0. The zero-order valence-electron chi connectivity index (χ0n) is 49.0. The van der Waals surface area contributed by atoms with E-state index in [0.29, 0.717) is 19.3 Å². The van der Waals surface area contributed by atoms with E-state index in [1.807, 2.05) is 0 Å². The van der Waals surface area contributed by atoms with Gasteiger partial charge in [-0.05, 0) is 103 Å². The number of carbonyl (C=O) groups excluding carboxylic acids is 3. The van der Waals surface area contributed by atoms with Gasteiger partial charge in [0.15, 0.2) is 6.10 Å². The van der Waals surface area contributed by atoms with Gasteiger partial charge in [-0.3, -0.25) is 14.4 Å². The lowest BCUT2D eigenvalue weighted by molar-refractivity contribution is -0.167. The Morgan fingerprint density at radius 1 is 0.280 bits per heavy atom. The molecule has 1 atom stereocenters. The Balaban J connectivity index is 4.33. The highest BCUT2D eigenvalue weighted by molar-refractivity contribution is 5.71. The number of rotatable bonds is 56. The summed E-state index contributed by atoms with van der Waals surface area (Å²) in [6.45, 7) is 6.48. The van der Waals surface area contributed by atoms with Crippen LogP contribution in [0.3, 0.4) is 0 Å². The summed E-state index contributed by atoms with van der Waals surface area (Å²) in [6.07, 6.45) is 85.2. The summed E-state index contributed by atoms with van der Waals surface area (Å²) in [7, 11) is 0. The van der Waals surface area contributed by atoms with E-state index < -0.39 is 6.10 Å². The van der Waals surface area contributed by atoms with E-state index in [2.05, 4.69) is 130 Å². The van der Waals surface area contributed by atoms with Crippen LogP contribution in [0.5, 0.6) is 0 Å². The average Bonchev–Trinajstić information content (AvgIpc) is 3.41. The summed E-state index contributed by atoms with van der Waals surface area (Å²) in [5.41, 5.74) is 0. The SMILES string of the molecule is CC/C=C\C/C=C\C/C=C\C/C=C\C/C=C\C/C=C\C/C=C\C/C=C\CCCCCCC(=O)OCC(COC(=O)CCCCCCC/C=C\CCCC)OC(=O)CCCCCCCCCCCCCCCCCCC. The minimum absolute atomic E-state index is 0.0892. The standard InChI is InChI=1S/C69H116O6/c1-4-7-10-13-16-19-22-24-26-28-29-30-31-32-33-34-35-36-37-38-39-41-42-44-47-50-53-56-59-62-68(71)74-65-66(64-73-67(70)61-58-55-52-49-46-21-18-15-12-9-6-3)75-69(72)63-60-57-54-51-48-45-43-40-27-25-23-20-17-14-11-8-5-2/h7,10,15-16,18-19,24,26,29-30,32-33,35-36,38-39,42,44,66H,4-6,8-9,11-14,17,20-23,25,27-28,31,34,37,40-41,43,45-65H2,1-3H3/b10-7-,18-15-,19-16-,26-24-,30-29-,33-32-,36-35-,39-38-,44-42-. The molecule has 0 radical (unpaired) electrons. The summed E-state index contributed by atoms with van der Waals surface area (Å²) in [6, 6.07) is 0. The fourth-order valence-corrected chi connectivity index (χ4v) is 8.56. The Hall–Kier alpha value is -3.93. The van der Waals surface area contributed by atoms with Gasteiger partial charge in [0.1, 0.15) is 13.2 Å². The zero-order valence-corrected chi connectivity index (χ0v) is 49.0. The van der Waals surface area contributed by atoms with E-state index in [-0.39, 0.29) is 31.1 Å². The Morgan fingerprint density at radius 2 is 0.533 bits per heavy atom. The largest absolute Gasteiger partial charge is 0.462 e. The quantitative estimate of drug-likeness (QED) is 0.0261. The van der Waals surface area contributed by atoms with Crippen molar-refractivity contribution in [3.8, 4) is 0 Å². The zero-order chi connectivity index (χ0) is 54.3. The lowest BCUT2D eigenvalue weighted by Crippen LogP contribution is -2.30. The second-order valence-corrected chi connectivity index (χ2v) is 20.6. The molecule has 0 aromatic carbocycles. The van der Waals surface area contributed by atoms with Gasteiger partial charge in [-0.15, -0.1) is 0 Å². The number of carbonyl (C=O) groups is 3. The van der Waals surface area contributed by atoms with Crippen molar-refractivity contribution in [1.29, 1.82) is 0 Å². The molecule has 6 nitrogen and oxygen atoms in total. The molecule has 0 fully saturated rings. The molecule has 0 aliphatic carbocycles. The third kappa shape index (κ3) is 60.8. The molecule has 0 saturated carbocycles. The molecule has 0 amide bonds. The molecule has 0 bridgehead atoms. The summed E-state index contributed by atoms with van der Waals surface area (Å²) in [5, 5.41) is 0. The fourth-order valence-electron chi connectivity index (χ4n) is 8.56. The number of ether oxygens (including phenoxy) is 3. The van der Waals surface area contributed by atoms with Gasteiger partial charge in [-0.2, -0.15) is 0 Å². The van der Waals surface area contributed by atoms with Crippen LogP contribution >= 0.6 is 0 Å². The van der Waals surface area contributed by atoms with E-state index in [1.165, 1.54) is 122 Å². The first-order chi connectivity index (χ1) is 37.0. The molecule has 75 heavy (non-hydrogen) atoms. The van der Waals surface area contributed by atoms with Crippen LogP contribution in [-0.4, -0.2) is 37.2 Å². The van der Waals surface area contributed by atoms with Crippen LogP contribution in [0.4, 0.5) is 0 Å².